The molecule has 2 aromatic heterocycles. The SMILES string of the molecule is O=C1CCC(N2Cc3c(NC(=O)CCOCCOCCOCCNC(=O)C4(Cc5cccc(Nc6nccs6)n5)CCC(Oc5cccc(Cl)c5F)CC4)cccc3C2=O)C(=O)N1. The van der Waals surface area contributed by atoms with Crippen LogP contribution in [0, 0.1) is 11.2 Å². The van der Waals surface area contributed by atoms with Crippen molar-refractivity contribution in [3.05, 3.63) is 93.8 Å². The van der Waals surface area contributed by atoms with Gasteiger partial charge in [-0.1, -0.05) is 29.8 Å². The number of ether oxygens (including phenoxy) is 4. The molecule has 334 valence electrons. The van der Waals surface area contributed by atoms with Crippen molar-refractivity contribution in [3.8, 4) is 5.75 Å². The Morgan fingerprint density at radius 2 is 1.68 bits per heavy atom. The number of imide groups is 1. The second-order valence-electron chi connectivity index (χ2n) is 15.4. The van der Waals surface area contributed by atoms with E-state index in [1.807, 2.05) is 23.6 Å². The minimum atomic E-state index is -0.771. The van der Waals surface area contributed by atoms with Gasteiger partial charge in [-0.2, -0.15) is 0 Å². The number of benzene rings is 2. The Bertz CT molecular complexity index is 2260. The number of nitrogens with one attached hydrogen (secondary N) is 4. The van der Waals surface area contributed by atoms with Gasteiger partial charge in [0.05, 0.1) is 62.6 Å². The highest BCUT2D eigenvalue weighted by molar-refractivity contribution is 7.13. The molecule has 1 atom stereocenters. The topological polar surface area (TPSA) is 199 Å². The predicted octanol–water partition coefficient (Wildman–Crippen LogP) is 5.58. The van der Waals surface area contributed by atoms with Crippen LogP contribution in [-0.4, -0.2) is 103 Å². The number of rotatable bonds is 21. The van der Waals surface area contributed by atoms with Gasteiger partial charge in [-0.05, 0) is 68.5 Å². The Morgan fingerprint density at radius 1 is 0.937 bits per heavy atom. The number of fused-ring (bicyclic) bond motifs is 1. The summed E-state index contributed by atoms with van der Waals surface area (Å²) in [5, 5.41) is 14.0. The number of aromatic nitrogens is 2. The maximum Gasteiger partial charge on any atom is 0.255 e. The van der Waals surface area contributed by atoms with Crippen LogP contribution in [0.5, 0.6) is 5.75 Å². The number of pyridine rings is 1. The zero-order chi connectivity index (χ0) is 44.2. The molecule has 5 amide bonds. The van der Waals surface area contributed by atoms with Crippen LogP contribution in [0.15, 0.2) is 66.2 Å². The van der Waals surface area contributed by atoms with Gasteiger partial charge in [0, 0.05) is 60.0 Å². The number of halogens is 2. The molecule has 0 bridgehead atoms. The first-order chi connectivity index (χ1) is 30.6. The molecule has 4 N–H and O–H groups in total. The van der Waals surface area contributed by atoms with Gasteiger partial charge in [0.25, 0.3) is 5.91 Å². The molecule has 2 aliphatic heterocycles. The van der Waals surface area contributed by atoms with Gasteiger partial charge >= 0.3 is 0 Å². The maximum absolute atomic E-state index is 14.6. The molecule has 16 nitrogen and oxygen atoms in total. The lowest BCUT2D eigenvalue weighted by Gasteiger charge is -2.39. The fourth-order valence-corrected chi connectivity index (χ4v) is 8.64. The molecule has 4 aromatic rings. The zero-order valence-corrected chi connectivity index (χ0v) is 36.1. The zero-order valence-electron chi connectivity index (χ0n) is 34.5. The number of hydrogen-bond donors (Lipinski definition) is 4. The van der Waals surface area contributed by atoms with Crippen LogP contribution in [0.25, 0.3) is 0 Å². The molecule has 0 radical (unpaired) electrons. The molecule has 2 aromatic carbocycles. The van der Waals surface area contributed by atoms with E-state index < -0.39 is 23.2 Å². The van der Waals surface area contributed by atoms with E-state index in [4.69, 9.17) is 35.5 Å². The standard InChI is InChI=1S/C44H49ClFN7O9S/c45-32-6-3-8-35(39(32)46)62-29-12-15-44(16-13-29,26-28-4-1-9-36(49-28)51-43-48-18-25-63-43)42(58)47-17-20-60-22-24-61-23-21-59-19-14-38(55)50-33-7-2-5-30-31(33)27-53(41(30)57)34-10-11-37(54)52-40(34)56/h1-9,18,25,29,34H,10-17,19-24,26-27H2,(H,47,58)(H,50,55)(H,48,49,51)(H,52,54,56). The van der Waals surface area contributed by atoms with E-state index in [2.05, 4.69) is 26.3 Å². The Hall–Kier alpha value is -5.53. The maximum atomic E-state index is 14.6. The van der Waals surface area contributed by atoms with Crippen molar-refractivity contribution in [2.75, 3.05) is 56.8 Å². The van der Waals surface area contributed by atoms with E-state index >= 15 is 0 Å². The second-order valence-corrected chi connectivity index (χ2v) is 16.7. The first-order valence-electron chi connectivity index (χ1n) is 20.9. The van der Waals surface area contributed by atoms with E-state index in [1.165, 1.54) is 22.3 Å². The summed E-state index contributed by atoms with van der Waals surface area (Å²) in [6.45, 7) is 2.03. The van der Waals surface area contributed by atoms with Crippen molar-refractivity contribution in [2.24, 2.45) is 5.41 Å². The Balaban J connectivity index is 0.789. The van der Waals surface area contributed by atoms with Gasteiger partial charge in [0.15, 0.2) is 16.7 Å². The summed E-state index contributed by atoms with van der Waals surface area (Å²) >= 11 is 7.43. The number of nitrogens with zero attached hydrogens (tertiary/aromatic N) is 3. The number of hydrogen-bond acceptors (Lipinski definition) is 13. The minimum Gasteiger partial charge on any atom is -0.487 e. The highest BCUT2D eigenvalue weighted by atomic mass is 35.5. The molecule has 7 rings (SSSR count). The number of thiazole rings is 1. The van der Waals surface area contributed by atoms with Crippen molar-refractivity contribution in [1.29, 1.82) is 0 Å². The third-order valence-electron chi connectivity index (χ3n) is 11.2. The van der Waals surface area contributed by atoms with Crippen molar-refractivity contribution in [2.45, 2.75) is 70.1 Å². The lowest BCUT2D eigenvalue weighted by molar-refractivity contribution is -0.137. The molecule has 1 unspecified atom stereocenters. The molecule has 0 spiro atoms. The highest BCUT2D eigenvalue weighted by Gasteiger charge is 2.43. The third-order valence-corrected chi connectivity index (χ3v) is 12.2. The highest BCUT2D eigenvalue weighted by Crippen LogP contribution is 2.41. The van der Waals surface area contributed by atoms with Crippen molar-refractivity contribution >= 4 is 69.1 Å². The summed E-state index contributed by atoms with van der Waals surface area (Å²) in [5.74, 6) is -1.44. The van der Waals surface area contributed by atoms with Gasteiger partial charge in [0.2, 0.25) is 23.6 Å². The number of amides is 5. The van der Waals surface area contributed by atoms with E-state index in [0.717, 1.165) is 5.69 Å². The molecular formula is C44H49ClFN7O9S. The molecule has 1 saturated carbocycles. The Labute approximate surface area is 372 Å². The average molecular weight is 906 g/mol. The smallest absolute Gasteiger partial charge is 0.255 e. The molecular weight excluding hydrogens is 857 g/mol. The second kappa shape index (κ2) is 21.7. The van der Waals surface area contributed by atoms with Crippen molar-refractivity contribution in [1.82, 2.24) is 25.5 Å². The quantitative estimate of drug-likeness (QED) is 0.0599. The van der Waals surface area contributed by atoms with Crippen LogP contribution in [0.4, 0.5) is 21.0 Å². The molecule has 4 heterocycles. The van der Waals surface area contributed by atoms with Crippen LogP contribution in [0.2, 0.25) is 5.02 Å². The van der Waals surface area contributed by atoms with Crippen LogP contribution in [-0.2, 0) is 46.4 Å². The summed E-state index contributed by atoms with van der Waals surface area (Å²) in [5.41, 5.74) is 1.51. The van der Waals surface area contributed by atoms with Crippen LogP contribution in [0.1, 0.15) is 66.6 Å². The monoisotopic (exact) mass is 905 g/mol. The van der Waals surface area contributed by atoms with Crippen LogP contribution >= 0.6 is 22.9 Å². The van der Waals surface area contributed by atoms with E-state index in [0.29, 0.717) is 79.6 Å². The van der Waals surface area contributed by atoms with Crippen molar-refractivity contribution < 1.29 is 47.3 Å². The largest absolute Gasteiger partial charge is 0.487 e. The molecule has 1 saturated heterocycles. The average Bonchev–Trinajstić information content (AvgIpc) is 3.91. The molecule has 1 aliphatic carbocycles. The van der Waals surface area contributed by atoms with Crippen molar-refractivity contribution in [3.63, 3.8) is 0 Å². The fourth-order valence-electron chi connectivity index (χ4n) is 7.94. The van der Waals surface area contributed by atoms with E-state index in [1.54, 1.807) is 36.5 Å². The fraction of sp³-hybridized carbons (Fsp3) is 0.432. The summed E-state index contributed by atoms with van der Waals surface area (Å²) in [6, 6.07) is 14.6. The minimum absolute atomic E-state index is 0.00838. The predicted molar refractivity (Wildman–Crippen MR) is 231 cm³/mol. The number of carbonyl (C=O) groups is 5. The molecule has 3 aliphatic rings. The van der Waals surface area contributed by atoms with Gasteiger partial charge in [0.1, 0.15) is 11.9 Å². The van der Waals surface area contributed by atoms with Gasteiger partial charge < -0.3 is 39.8 Å². The van der Waals surface area contributed by atoms with Gasteiger partial charge in [-0.25, -0.2) is 14.4 Å². The van der Waals surface area contributed by atoms with Gasteiger partial charge in [-0.15, -0.1) is 11.3 Å². The summed E-state index contributed by atoms with van der Waals surface area (Å²) in [4.78, 5) is 74.2. The lowest BCUT2D eigenvalue weighted by atomic mass is 9.69. The van der Waals surface area contributed by atoms with Crippen LogP contribution in [0.3, 0.4) is 0 Å². The Kier molecular flexibility index (Phi) is 15.7. The summed E-state index contributed by atoms with van der Waals surface area (Å²) < 4.78 is 37.5. The molecule has 19 heteroatoms. The third kappa shape index (κ3) is 11.9. The number of anilines is 3. The van der Waals surface area contributed by atoms with Gasteiger partial charge in [-0.3, -0.25) is 29.3 Å². The molecule has 2 fully saturated rings. The number of piperidine rings is 1. The first-order valence-corrected chi connectivity index (χ1v) is 22.2. The normalized spacial score (nSPS) is 19.7. The first kappa shape index (κ1) is 45.5. The number of carbonyl (C=O) groups excluding carboxylic acids is 5. The summed E-state index contributed by atoms with van der Waals surface area (Å²) in [7, 11) is 0. The molecule has 63 heavy (non-hydrogen) atoms. The van der Waals surface area contributed by atoms with Crippen LogP contribution < -0.4 is 26.0 Å². The Morgan fingerprint density at radius 3 is 2.44 bits per heavy atom. The van der Waals surface area contributed by atoms with E-state index in [-0.39, 0.29) is 92.7 Å². The lowest BCUT2D eigenvalue weighted by Crippen LogP contribution is -2.52. The summed E-state index contributed by atoms with van der Waals surface area (Å²) in [6.07, 6.45) is 4.39. The van der Waals surface area contributed by atoms with E-state index in [9.17, 15) is 28.4 Å².